The largest absolute Gasteiger partial charge is 0.340 e. The molecule has 3 aromatic rings. The maximum Gasteiger partial charge on any atom is 0.249 e. The number of imidazole rings is 1. The summed E-state index contributed by atoms with van der Waals surface area (Å²) in [4.78, 5) is 35.1. The molecule has 0 unspecified atom stereocenters. The Balaban J connectivity index is 1.63. The van der Waals surface area contributed by atoms with Crippen LogP contribution < -0.4 is 9.80 Å². The van der Waals surface area contributed by atoms with Crippen LogP contribution in [0.5, 0.6) is 0 Å². The van der Waals surface area contributed by atoms with E-state index in [0.29, 0.717) is 12.0 Å². The maximum atomic E-state index is 12.9. The number of thiazole rings is 1. The molecule has 0 aromatic carbocycles. The predicted molar refractivity (Wildman–Crippen MR) is 108 cm³/mol. The molecule has 2 aliphatic rings. The molecule has 0 radical (unpaired) electrons. The van der Waals surface area contributed by atoms with Gasteiger partial charge in [0.2, 0.25) is 11.9 Å². The van der Waals surface area contributed by atoms with Crippen molar-refractivity contribution in [2.45, 2.75) is 44.7 Å². The van der Waals surface area contributed by atoms with Crippen LogP contribution in [-0.2, 0) is 4.79 Å². The molecule has 1 atom stereocenters. The first-order valence-electron chi connectivity index (χ1n) is 9.55. The van der Waals surface area contributed by atoms with Crippen molar-refractivity contribution in [3.63, 3.8) is 0 Å². The molecule has 4 heterocycles. The van der Waals surface area contributed by atoms with E-state index >= 15 is 0 Å². The van der Waals surface area contributed by atoms with Crippen molar-refractivity contribution in [3.05, 3.63) is 30.2 Å². The van der Waals surface area contributed by atoms with Crippen LogP contribution in [0.4, 0.5) is 11.5 Å². The summed E-state index contributed by atoms with van der Waals surface area (Å²) in [5.41, 5.74) is 0.765. The minimum atomic E-state index is -0.174. The molecule has 9 heteroatoms. The van der Waals surface area contributed by atoms with Gasteiger partial charge in [-0.05, 0) is 25.7 Å². The number of aromatic nitrogens is 5. The molecule has 1 aliphatic carbocycles. The number of amides is 1. The van der Waals surface area contributed by atoms with Gasteiger partial charge in [-0.15, -0.1) is 11.3 Å². The van der Waals surface area contributed by atoms with Crippen molar-refractivity contribution in [1.29, 1.82) is 0 Å². The smallest absolute Gasteiger partial charge is 0.249 e. The Kier molecular flexibility index (Phi) is 4.12. The number of rotatable bonds is 4. The Hall–Kier alpha value is -2.81. The minimum Gasteiger partial charge on any atom is -0.340 e. The third-order valence-corrected chi connectivity index (χ3v) is 6.40. The summed E-state index contributed by atoms with van der Waals surface area (Å²) in [6, 6.07) is 0.192. The second-order valence-electron chi connectivity index (χ2n) is 7.15. The van der Waals surface area contributed by atoms with Crippen LogP contribution in [0.25, 0.3) is 16.8 Å². The van der Waals surface area contributed by atoms with E-state index in [1.807, 2.05) is 23.2 Å². The summed E-state index contributed by atoms with van der Waals surface area (Å²) >= 11 is 1.53. The van der Waals surface area contributed by atoms with Crippen molar-refractivity contribution in [1.82, 2.24) is 24.5 Å². The number of anilines is 2. The number of fused-ring (bicyclic) bond motifs is 1. The summed E-state index contributed by atoms with van der Waals surface area (Å²) in [6.45, 7) is 2.06. The van der Waals surface area contributed by atoms with Gasteiger partial charge in [-0.25, -0.2) is 15.0 Å². The topological polar surface area (TPSA) is 80.0 Å². The lowest BCUT2D eigenvalue weighted by atomic mass is 9.88. The van der Waals surface area contributed by atoms with Gasteiger partial charge in [0, 0.05) is 37.1 Å². The van der Waals surface area contributed by atoms with Gasteiger partial charge in [-0.1, -0.05) is 6.92 Å². The van der Waals surface area contributed by atoms with Crippen LogP contribution in [0.2, 0.25) is 0 Å². The molecule has 144 valence electrons. The van der Waals surface area contributed by atoms with Gasteiger partial charge in [-0.2, -0.15) is 4.98 Å². The average molecular weight is 395 g/mol. The molecule has 1 fully saturated rings. The zero-order chi connectivity index (χ0) is 19.3. The third-order valence-electron chi connectivity index (χ3n) is 5.63. The van der Waals surface area contributed by atoms with Crippen molar-refractivity contribution in [2.24, 2.45) is 0 Å². The molecule has 0 saturated heterocycles. The first-order chi connectivity index (χ1) is 13.7. The van der Waals surface area contributed by atoms with E-state index in [0.717, 1.165) is 41.6 Å². The highest BCUT2D eigenvalue weighted by atomic mass is 32.1. The van der Waals surface area contributed by atoms with Crippen LogP contribution in [0.1, 0.15) is 32.6 Å². The quantitative estimate of drug-likeness (QED) is 0.676. The lowest BCUT2D eigenvalue weighted by Gasteiger charge is -2.47. The van der Waals surface area contributed by atoms with Gasteiger partial charge in [0.05, 0.1) is 6.20 Å². The van der Waals surface area contributed by atoms with Gasteiger partial charge in [-0.3, -0.25) is 9.36 Å². The van der Waals surface area contributed by atoms with Crippen LogP contribution in [-0.4, -0.2) is 49.5 Å². The van der Waals surface area contributed by atoms with Crippen LogP contribution in [0.15, 0.2) is 30.2 Å². The molecule has 1 saturated carbocycles. The van der Waals surface area contributed by atoms with Gasteiger partial charge in [0.15, 0.2) is 16.6 Å². The molecule has 1 aliphatic heterocycles. The summed E-state index contributed by atoms with van der Waals surface area (Å²) < 4.78 is 1.86. The van der Waals surface area contributed by atoms with Crippen LogP contribution in [0.3, 0.4) is 0 Å². The molecule has 0 N–H and O–H groups in total. The van der Waals surface area contributed by atoms with Crippen molar-refractivity contribution >= 4 is 28.7 Å². The monoisotopic (exact) mass is 395 g/mol. The van der Waals surface area contributed by atoms with E-state index in [4.69, 9.17) is 4.98 Å². The molecule has 5 rings (SSSR count). The summed E-state index contributed by atoms with van der Waals surface area (Å²) in [5, 5.41) is 2.74. The second-order valence-corrected chi connectivity index (χ2v) is 8.04. The summed E-state index contributed by atoms with van der Waals surface area (Å²) in [5.74, 6) is 2.22. The van der Waals surface area contributed by atoms with E-state index in [-0.39, 0.29) is 11.9 Å². The summed E-state index contributed by atoms with van der Waals surface area (Å²) in [7, 11) is 1.81. The number of nitrogens with zero attached hydrogens (tertiary/aromatic N) is 7. The molecule has 0 spiro atoms. The highest BCUT2D eigenvalue weighted by Gasteiger charge is 2.42. The Labute approximate surface area is 166 Å². The van der Waals surface area contributed by atoms with E-state index in [1.165, 1.54) is 17.8 Å². The fourth-order valence-corrected chi connectivity index (χ4v) is 4.56. The highest BCUT2D eigenvalue weighted by molar-refractivity contribution is 7.13. The highest BCUT2D eigenvalue weighted by Crippen LogP contribution is 2.40. The molecule has 3 aromatic heterocycles. The standard InChI is InChI=1S/C19H21N7OS/c1-3-13-18(27)24(2)14-11-22-19(23-15(14)26(13)12-5-4-6-12)25-9-7-20-16(25)17-21-8-10-28-17/h7-13H,3-6H2,1-2H3/t13-/m1/s1. The van der Waals surface area contributed by atoms with Gasteiger partial charge >= 0.3 is 0 Å². The van der Waals surface area contributed by atoms with E-state index in [9.17, 15) is 4.79 Å². The fourth-order valence-electron chi connectivity index (χ4n) is 3.93. The van der Waals surface area contributed by atoms with E-state index in [1.54, 1.807) is 23.5 Å². The van der Waals surface area contributed by atoms with E-state index < -0.39 is 0 Å². The second kappa shape index (κ2) is 6.66. The molecular weight excluding hydrogens is 374 g/mol. The first kappa shape index (κ1) is 17.3. The molecule has 8 nitrogen and oxygen atoms in total. The Morgan fingerprint density at radius 2 is 2.07 bits per heavy atom. The van der Waals surface area contributed by atoms with Crippen LogP contribution >= 0.6 is 11.3 Å². The maximum absolute atomic E-state index is 12.9. The molecule has 0 bridgehead atoms. The Bertz CT molecular complexity index is 1010. The molecule has 1 amide bonds. The van der Waals surface area contributed by atoms with Gasteiger partial charge < -0.3 is 9.80 Å². The van der Waals surface area contributed by atoms with Gasteiger partial charge in [0.1, 0.15) is 11.7 Å². The fraction of sp³-hybridized carbons (Fsp3) is 0.421. The normalized spacial score (nSPS) is 19.6. The zero-order valence-electron chi connectivity index (χ0n) is 15.8. The van der Waals surface area contributed by atoms with Crippen molar-refractivity contribution in [2.75, 3.05) is 16.8 Å². The van der Waals surface area contributed by atoms with Crippen molar-refractivity contribution in [3.8, 4) is 16.8 Å². The number of hydrogen-bond acceptors (Lipinski definition) is 7. The lowest BCUT2D eigenvalue weighted by Crippen LogP contribution is -2.57. The zero-order valence-corrected chi connectivity index (χ0v) is 16.6. The predicted octanol–water partition coefficient (Wildman–Crippen LogP) is 2.90. The van der Waals surface area contributed by atoms with Gasteiger partial charge in [0.25, 0.3) is 0 Å². The number of hydrogen-bond donors (Lipinski definition) is 0. The van der Waals surface area contributed by atoms with E-state index in [2.05, 4.69) is 26.8 Å². The van der Waals surface area contributed by atoms with Crippen molar-refractivity contribution < 1.29 is 4.79 Å². The minimum absolute atomic E-state index is 0.115. The van der Waals surface area contributed by atoms with Crippen LogP contribution in [0, 0.1) is 0 Å². The SMILES string of the molecule is CC[C@@H]1C(=O)N(C)c2cnc(-n3ccnc3-c3nccs3)nc2N1C1CCC1. The number of carbonyl (C=O) groups excluding carboxylic acids is 1. The number of likely N-dealkylation sites (N-methyl/N-ethyl adjacent to an activating group) is 1. The third kappa shape index (κ3) is 2.53. The Morgan fingerprint density at radius 1 is 1.21 bits per heavy atom. The molecular formula is C19H21N7OS. The summed E-state index contributed by atoms with van der Waals surface area (Å²) in [6.07, 6.45) is 11.2. The average Bonchev–Trinajstić information content (AvgIpc) is 3.35. The lowest BCUT2D eigenvalue weighted by molar-refractivity contribution is -0.120. The Morgan fingerprint density at radius 3 is 2.75 bits per heavy atom. The number of carbonyl (C=O) groups is 1. The first-order valence-corrected chi connectivity index (χ1v) is 10.4. The molecule has 28 heavy (non-hydrogen) atoms.